The van der Waals surface area contributed by atoms with Crippen molar-refractivity contribution in [2.45, 2.75) is 19.3 Å². The molecule has 0 radical (unpaired) electrons. The maximum atomic E-state index is 13.9. The number of nitro benzene ring substituents is 1. The van der Waals surface area contributed by atoms with Crippen LogP contribution in [-0.2, 0) is 17.1 Å². The van der Waals surface area contributed by atoms with Gasteiger partial charge in [0.2, 0.25) is 17.7 Å². The first-order valence-electron chi connectivity index (χ1n) is 7.81. The molecule has 0 fully saturated rings. The fraction of sp³-hybridized carbons (Fsp3) is 0.294. The van der Waals surface area contributed by atoms with Crippen LogP contribution in [0.2, 0.25) is 0 Å². The monoisotopic (exact) mass is 399 g/mol. The Morgan fingerprint density at radius 3 is 2.46 bits per heavy atom. The molecule has 0 atom stereocenters. The number of halogens is 3. The molecule has 150 valence electrons. The highest BCUT2D eigenvalue weighted by atomic mass is 19.3. The maximum Gasteiger partial charge on any atom is 0.276 e. The quantitative estimate of drug-likeness (QED) is 0.565. The van der Waals surface area contributed by atoms with E-state index >= 15 is 0 Å². The molecule has 2 aromatic rings. The van der Waals surface area contributed by atoms with Crippen molar-refractivity contribution in [2.75, 3.05) is 19.5 Å². The molecule has 0 saturated heterocycles. The molecule has 1 N–H and O–H groups in total. The van der Waals surface area contributed by atoms with E-state index < -0.39 is 51.7 Å². The van der Waals surface area contributed by atoms with Crippen LogP contribution in [0.25, 0.3) is 0 Å². The summed E-state index contributed by atoms with van der Waals surface area (Å²) in [6, 6.07) is 4.08. The summed E-state index contributed by atoms with van der Waals surface area (Å²) in [6.45, 7) is 0.618. The predicted molar refractivity (Wildman–Crippen MR) is 92.3 cm³/mol. The van der Waals surface area contributed by atoms with E-state index in [4.69, 9.17) is 9.47 Å². The molecule has 1 heterocycles. The van der Waals surface area contributed by atoms with Crippen molar-refractivity contribution in [1.29, 1.82) is 0 Å². The molecular weight excluding hydrogens is 383 g/mol. The van der Waals surface area contributed by atoms with Gasteiger partial charge in [-0.15, -0.1) is 0 Å². The number of nitrogens with one attached hydrogen (secondary N) is 1. The number of pyridine rings is 1. The number of benzene rings is 1. The lowest BCUT2D eigenvalue weighted by Gasteiger charge is -2.18. The van der Waals surface area contributed by atoms with Crippen molar-refractivity contribution in [1.82, 2.24) is 4.98 Å². The lowest BCUT2D eigenvalue weighted by molar-refractivity contribution is -0.385. The smallest absolute Gasteiger partial charge is 0.276 e. The Morgan fingerprint density at radius 2 is 1.93 bits per heavy atom. The van der Waals surface area contributed by atoms with Crippen molar-refractivity contribution >= 4 is 17.3 Å². The highest BCUT2D eigenvalue weighted by molar-refractivity contribution is 5.94. The Hall–Kier alpha value is -3.37. The summed E-state index contributed by atoms with van der Waals surface area (Å²) < 4.78 is 51.3. The molecule has 0 bridgehead atoms. The van der Waals surface area contributed by atoms with E-state index in [-0.39, 0.29) is 11.6 Å². The molecule has 0 aliphatic heterocycles. The first-order valence-corrected chi connectivity index (χ1v) is 7.81. The van der Waals surface area contributed by atoms with E-state index in [9.17, 15) is 28.1 Å². The zero-order valence-electron chi connectivity index (χ0n) is 15.1. The molecular formula is C17H16F3N3O5. The van der Waals surface area contributed by atoms with Crippen LogP contribution in [-0.4, -0.2) is 30.0 Å². The maximum absolute atomic E-state index is 13.9. The molecule has 0 spiro atoms. The molecule has 11 heteroatoms. The van der Waals surface area contributed by atoms with Gasteiger partial charge < -0.3 is 14.8 Å². The zero-order valence-corrected chi connectivity index (χ0v) is 15.1. The van der Waals surface area contributed by atoms with Gasteiger partial charge in [0.05, 0.1) is 36.7 Å². The summed E-state index contributed by atoms with van der Waals surface area (Å²) in [4.78, 5) is 26.3. The second-order valence-corrected chi connectivity index (χ2v) is 5.71. The van der Waals surface area contributed by atoms with E-state index in [0.29, 0.717) is 6.92 Å². The van der Waals surface area contributed by atoms with Gasteiger partial charge in [0, 0.05) is 13.0 Å². The van der Waals surface area contributed by atoms with Crippen molar-refractivity contribution in [3.8, 4) is 11.8 Å². The Kier molecular flexibility index (Phi) is 6.06. The third-order valence-corrected chi connectivity index (χ3v) is 3.71. The number of carbonyl (C=O) groups excluding carboxylic acids is 1. The number of nitro groups is 1. The normalized spacial score (nSPS) is 11.1. The van der Waals surface area contributed by atoms with Gasteiger partial charge in [0.15, 0.2) is 0 Å². The van der Waals surface area contributed by atoms with E-state index in [1.807, 2.05) is 0 Å². The number of aromatic nitrogens is 1. The highest BCUT2D eigenvalue weighted by Crippen LogP contribution is 2.38. The van der Waals surface area contributed by atoms with Gasteiger partial charge in [-0.2, -0.15) is 4.98 Å². The summed E-state index contributed by atoms with van der Waals surface area (Å²) in [6.07, 6.45) is -0.698. The molecule has 0 saturated carbocycles. The van der Waals surface area contributed by atoms with Crippen LogP contribution in [0.5, 0.6) is 11.8 Å². The Labute approximate surface area is 157 Å². The SMILES string of the molecule is COc1nc(OC)c(C(C)(F)F)cc1NC(=O)Cc1c(F)cccc1[N+](=O)[O-]. The van der Waals surface area contributed by atoms with Crippen molar-refractivity contribution in [3.63, 3.8) is 0 Å². The van der Waals surface area contributed by atoms with Crippen molar-refractivity contribution < 1.29 is 32.4 Å². The summed E-state index contributed by atoms with van der Waals surface area (Å²) >= 11 is 0. The standard InChI is InChI=1S/C17H16F3N3O5/c1-17(19,20)10-8-12(16(28-3)22-15(10)27-2)21-14(24)7-9-11(18)5-4-6-13(9)23(25)26/h4-6,8H,7H2,1-3H3,(H,21,24). The average Bonchev–Trinajstić information content (AvgIpc) is 2.62. The fourth-order valence-corrected chi connectivity index (χ4v) is 2.44. The fourth-order valence-electron chi connectivity index (χ4n) is 2.44. The second-order valence-electron chi connectivity index (χ2n) is 5.71. The van der Waals surface area contributed by atoms with Gasteiger partial charge in [-0.3, -0.25) is 14.9 Å². The third kappa shape index (κ3) is 4.48. The lowest BCUT2D eigenvalue weighted by atomic mass is 10.1. The second kappa shape index (κ2) is 8.11. The summed E-state index contributed by atoms with van der Waals surface area (Å²) in [5.41, 5.74) is -1.84. The number of carbonyl (C=O) groups is 1. The molecule has 1 amide bonds. The molecule has 0 aliphatic carbocycles. The molecule has 1 aromatic carbocycles. The molecule has 2 rings (SSSR count). The lowest BCUT2D eigenvalue weighted by Crippen LogP contribution is -2.19. The van der Waals surface area contributed by atoms with Gasteiger partial charge in [0.25, 0.3) is 11.6 Å². The van der Waals surface area contributed by atoms with Crippen LogP contribution in [0, 0.1) is 15.9 Å². The van der Waals surface area contributed by atoms with Gasteiger partial charge in [-0.1, -0.05) is 6.07 Å². The van der Waals surface area contributed by atoms with Gasteiger partial charge in [-0.25, -0.2) is 13.2 Å². The number of nitrogens with zero attached hydrogens (tertiary/aromatic N) is 2. The van der Waals surface area contributed by atoms with E-state index in [0.717, 1.165) is 31.4 Å². The third-order valence-electron chi connectivity index (χ3n) is 3.71. The van der Waals surface area contributed by atoms with Crippen LogP contribution in [0.15, 0.2) is 24.3 Å². The number of methoxy groups -OCH3 is 2. The predicted octanol–water partition coefficient (Wildman–Crippen LogP) is 3.44. The minimum atomic E-state index is -3.34. The number of ether oxygens (including phenoxy) is 2. The van der Waals surface area contributed by atoms with Crippen molar-refractivity contribution in [2.24, 2.45) is 0 Å². The summed E-state index contributed by atoms with van der Waals surface area (Å²) in [5.74, 6) is -5.78. The molecule has 0 aliphatic rings. The van der Waals surface area contributed by atoms with Gasteiger partial charge in [0.1, 0.15) is 11.5 Å². The number of alkyl halides is 2. The van der Waals surface area contributed by atoms with E-state index in [1.165, 1.54) is 7.11 Å². The molecule has 0 unspecified atom stereocenters. The summed E-state index contributed by atoms with van der Waals surface area (Å²) in [5, 5.41) is 13.3. The average molecular weight is 399 g/mol. The highest BCUT2D eigenvalue weighted by Gasteiger charge is 2.32. The van der Waals surface area contributed by atoms with Crippen molar-refractivity contribution in [3.05, 3.63) is 51.3 Å². The largest absolute Gasteiger partial charge is 0.481 e. The molecule has 28 heavy (non-hydrogen) atoms. The van der Waals surface area contributed by atoms with Crippen LogP contribution in [0.3, 0.4) is 0 Å². The number of hydrogen-bond acceptors (Lipinski definition) is 6. The minimum Gasteiger partial charge on any atom is -0.481 e. The Bertz CT molecular complexity index is 916. The first-order chi connectivity index (χ1) is 13.1. The molecule has 1 aromatic heterocycles. The van der Waals surface area contributed by atoms with Crippen LogP contribution < -0.4 is 14.8 Å². The zero-order chi connectivity index (χ0) is 21.1. The number of hydrogen-bond donors (Lipinski definition) is 1. The topological polar surface area (TPSA) is 104 Å². The van der Waals surface area contributed by atoms with Crippen LogP contribution in [0.1, 0.15) is 18.1 Å². The Balaban J connectivity index is 2.38. The number of rotatable bonds is 7. The van der Waals surface area contributed by atoms with Gasteiger partial charge >= 0.3 is 0 Å². The number of anilines is 1. The van der Waals surface area contributed by atoms with E-state index in [2.05, 4.69) is 10.3 Å². The Morgan fingerprint density at radius 1 is 1.29 bits per heavy atom. The first kappa shape index (κ1) is 20.9. The summed E-state index contributed by atoms with van der Waals surface area (Å²) in [7, 11) is 2.34. The molecule has 8 nitrogen and oxygen atoms in total. The number of amides is 1. The van der Waals surface area contributed by atoms with Gasteiger partial charge in [-0.05, 0) is 12.1 Å². The van der Waals surface area contributed by atoms with Crippen LogP contribution >= 0.6 is 0 Å². The van der Waals surface area contributed by atoms with Crippen LogP contribution in [0.4, 0.5) is 24.5 Å². The van der Waals surface area contributed by atoms with E-state index in [1.54, 1.807) is 0 Å². The minimum absolute atomic E-state index is 0.219.